The summed E-state index contributed by atoms with van der Waals surface area (Å²) in [7, 11) is 2.89. The van der Waals surface area contributed by atoms with Gasteiger partial charge < -0.3 is 14.8 Å². The Morgan fingerprint density at radius 3 is 2.52 bits per heavy atom. The molecule has 21 heavy (non-hydrogen) atoms. The van der Waals surface area contributed by atoms with Crippen molar-refractivity contribution in [3.8, 4) is 5.75 Å². The van der Waals surface area contributed by atoms with Gasteiger partial charge in [-0.25, -0.2) is 4.79 Å². The highest BCUT2D eigenvalue weighted by atomic mass is 32.1. The number of esters is 1. The Labute approximate surface area is 126 Å². The molecule has 0 unspecified atom stereocenters. The molecule has 0 fully saturated rings. The number of amides is 1. The molecule has 0 aliphatic rings. The molecule has 1 aromatic heterocycles. The molecular weight excluding hydrogens is 290 g/mol. The minimum absolute atomic E-state index is 0.235. The molecular formula is C15H15NO4S. The summed E-state index contributed by atoms with van der Waals surface area (Å²) in [4.78, 5) is 24.3. The van der Waals surface area contributed by atoms with Gasteiger partial charge in [-0.3, -0.25) is 4.79 Å². The molecule has 0 radical (unpaired) electrons. The van der Waals surface area contributed by atoms with E-state index in [1.165, 1.54) is 7.11 Å². The number of para-hydroxylation sites is 1. The fraction of sp³-hybridized carbons (Fsp3) is 0.200. The van der Waals surface area contributed by atoms with Crippen molar-refractivity contribution < 1.29 is 19.1 Å². The average molecular weight is 305 g/mol. The van der Waals surface area contributed by atoms with Gasteiger partial charge in [0.1, 0.15) is 10.6 Å². The lowest BCUT2D eigenvalue weighted by molar-refractivity contribution is 0.0606. The maximum absolute atomic E-state index is 12.0. The summed E-state index contributed by atoms with van der Waals surface area (Å²) in [6.07, 6.45) is 0. The van der Waals surface area contributed by atoms with E-state index in [0.717, 1.165) is 22.6 Å². The van der Waals surface area contributed by atoms with Crippen LogP contribution in [0.4, 0.5) is 0 Å². The SMILES string of the molecule is COC(=O)c1ccc(C(=O)NCc2ccccc2OC)s1. The summed E-state index contributed by atoms with van der Waals surface area (Å²) < 4.78 is 9.84. The van der Waals surface area contributed by atoms with Crippen molar-refractivity contribution in [2.75, 3.05) is 14.2 Å². The number of nitrogens with one attached hydrogen (secondary N) is 1. The number of carbonyl (C=O) groups is 2. The first kappa shape index (κ1) is 15.1. The molecule has 6 heteroatoms. The van der Waals surface area contributed by atoms with Crippen LogP contribution in [0.3, 0.4) is 0 Å². The molecule has 1 N–H and O–H groups in total. The van der Waals surface area contributed by atoms with Gasteiger partial charge in [-0.15, -0.1) is 11.3 Å². The Morgan fingerprint density at radius 2 is 1.81 bits per heavy atom. The standard InChI is InChI=1S/C15H15NO4S/c1-19-11-6-4-3-5-10(11)9-16-14(17)12-7-8-13(21-12)15(18)20-2/h3-8H,9H2,1-2H3,(H,16,17). The second-order valence-corrected chi connectivity index (χ2v) is 5.23. The van der Waals surface area contributed by atoms with E-state index in [2.05, 4.69) is 10.1 Å². The van der Waals surface area contributed by atoms with Crippen molar-refractivity contribution in [3.05, 3.63) is 51.7 Å². The van der Waals surface area contributed by atoms with E-state index in [9.17, 15) is 9.59 Å². The van der Waals surface area contributed by atoms with Crippen molar-refractivity contribution in [1.82, 2.24) is 5.32 Å². The summed E-state index contributed by atoms with van der Waals surface area (Å²) in [5, 5.41) is 2.80. The van der Waals surface area contributed by atoms with Crippen molar-refractivity contribution in [2.24, 2.45) is 0 Å². The molecule has 0 saturated carbocycles. The van der Waals surface area contributed by atoms with Gasteiger partial charge in [0.2, 0.25) is 0 Å². The van der Waals surface area contributed by atoms with E-state index >= 15 is 0 Å². The van der Waals surface area contributed by atoms with Crippen molar-refractivity contribution in [3.63, 3.8) is 0 Å². The number of benzene rings is 1. The second-order valence-electron chi connectivity index (χ2n) is 4.15. The molecule has 0 aliphatic carbocycles. The van der Waals surface area contributed by atoms with E-state index in [1.807, 2.05) is 24.3 Å². The summed E-state index contributed by atoms with van der Waals surface area (Å²) in [6.45, 7) is 0.355. The molecule has 2 aromatic rings. The highest BCUT2D eigenvalue weighted by molar-refractivity contribution is 7.15. The van der Waals surface area contributed by atoms with Crippen LogP contribution in [0.2, 0.25) is 0 Å². The number of hydrogen-bond acceptors (Lipinski definition) is 5. The predicted molar refractivity (Wildman–Crippen MR) is 79.8 cm³/mol. The lowest BCUT2D eigenvalue weighted by Gasteiger charge is -2.08. The minimum Gasteiger partial charge on any atom is -0.496 e. The lowest BCUT2D eigenvalue weighted by atomic mass is 10.2. The molecule has 5 nitrogen and oxygen atoms in total. The topological polar surface area (TPSA) is 64.6 Å². The fourth-order valence-electron chi connectivity index (χ4n) is 1.78. The Kier molecular flexibility index (Phi) is 4.94. The fourth-order valence-corrected chi connectivity index (χ4v) is 2.62. The van der Waals surface area contributed by atoms with Gasteiger partial charge >= 0.3 is 5.97 Å². The first-order valence-corrected chi connectivity index (χ1v) is 7.05. The van der Waals surface area contributed by atoms with Crippen LogP contribution < -0.4 is 10.1 Å². The summed E-state index contributed by atoms with van der Waals surface area (Å²) in [5.74, 6) is 0.0454. The van der Waals surface area contributed by atoms with Crippen LogP contribution >= 0.6 is 11.3 Å². The van der Waals surface area contributed by atoms with Crippen molar-refractivity contribution in [1.29, 1.82) is 0 Å². The first-order chi connectivity index (χ1) is 10.2. The van der Waals surface area contributed by atoms with E-state index in [-0.39, 0.29) is 5.91 Å². The molecule has 1 aromatic carbocycles. The largest absolute Gasteiger partial charge is 0.496 e. The van der Waals surface area contributed by atoms with Crippen LogP contribution in [0.5, 0.6) is 5.75 Å². The maximum atomic E-state index is 12.0. The van der Waals surface area contributed by atoms with Gasteiger partial charge in [0, 0.05) is 12.1 Å². The third kappa shape index (κ3) is 3.61. The maximum Gasteiger partial charge on any atom is 0.348 e. The molecule has 0 bridgehead atoms. The number of hydrogen-bond donors (Lipinski definition) is 1. The normalized spacial score (nSPS) is 10.0. The summed E-state index contributed by atoms with van der Waals surface area (Å²) in [5.41, 5.74) is 0.887. The molecule has 110 valence electrons. The first-order valence-electron chi connectivity index (χ1n) is 6.24. The number of ether oxygens (including phenoxy) is 2. The zero-order chi connectivity index (χ0) is 15.2. The van der Waals surface area contributed by atoms with Gasteiger partial charge in [-0.05, 0) is 18.2 Å². The van der Waals surface area contributed by atoms with Gasteiger partial charge in [0.15, 0.2) is 0 Å². The van der Waals surface area contributed by atoms with E-state index in [4.69, 9.17) is 4.74 Å². The number of carbonyl (C=O) groups excluding carboxylic acids is 2. The van der Waals surface area contributed by atoms with Crippen molar-refractivity contribution >= 4 is 23.2 Å². The molecule has 2 rings (SSSR count). The second kappa shape index (κ2) is 6.90. The highest BCUT2D eigenvalue weighted by Crippen LogP contribution is 2.19. The van der Waals surface area contributed by atoms with E-state index < -0.39 is 5.97 Å². The molecule has 1 heterocycles. The summed E-state index contributed by atoms with van der Waals surface area (Å²) >= 11 is 1.10. The molecule has 0 atom stereocenters. The van der Waals surface area contributed by atoms with Crippen LogP contribution in [0.25, 0.3) is 0 Å². The molecule has 0 saturated heterocycles. The van der Waals surface area contributed by atoms with E-state index in [0.29, 0.717) is 16.3 Å². The van der Waals surface area contributed by atoms with Crippen molar-refractivity contribution in [2.45, 2.75) is 6.54 Å². The van der Waals surface area contributed by atoms with Gasteiger partial charge in [0.05, 0.1) is 19.1 Å². The van der Waals surface area contributed by atoms with Crippen LogP contribution in [0, 0.1) is 0 Å². The van der Waals surface area contributed by atoms with Gasteiger partial charge in [-0.1, -0.05) is 18.2 Å². The summed E-state index contributed by atoms with van der Waals surface area (Å²) in [6, 6.07) is 10.6. The number of thiophene rings is 1. The predicted octanol–water partition coefficient (Wildman–Crippen LogP) is 2.47. The zero-order valence-electron chi connectivity index (χ0n) is 11.7. The number of methoxy groups -OCH3 is 2. The van der Waals surface area contributed by atoms with Crippen LogP contribution in [-0.2, 0) is 11.3 Å². The van der Waals surface area contributed by atoms with Crippen LogP contribution in [0.1, 0.15) is 24.9 Å². The lowest BCUT2D eigenvalue weighted by Crippen LogP contribution is -2.22. The Hall–Kier alpha value is -2.34. The highest BCUT2D eigenvalue weighted by Gasteiger charge is 2.14. The Morgan fingerprint density at radius 1 is 1.10 bits per heavy atom. The smallest absolute Gasteiger partial charge is 0.348 e. The minimum atomic E-state index is -0.441. The molecule has 0 aliphatic heterocycles. The van der Waals surface area contributed by atoms with E-state index in [1.54, 1.807) is 19.2 Å². The monoisotopic (exact) mass is 305 g/mol. The molecule has 0 spiro atoms. The van der Waals surface area contributed by atoms with Crippen LogP contribution in [-0.4, -0.2) is 26.1 Å². The number of rotatable bonds is 5. The third-order valence-corrected chi connectivity index (χ3v) is 3.91. The van der Waals surface area contributed by atoms with Gasteiger partial charge in [0.25, 0.3) is 5.91 Å². The Bertz CT molecular complexity index is 651. The van der Waals surface area contributed by atoms with Gasteiger partial charge in [-0.2, -0.15) is 0 Å². The average Bonchev–Trinajstić information content (AvgIpc) is 3.02. The Balaban J connectivity index is 2.02. The quantitative estimate of drug-likeness (QED) is 0.862. The molecule has 1 amide bonds. The zero-order valence-corrected chi connectivity index (χ0v) is 12.5. The van der Waals surface area contributed by atoms with Crippen LogP contribution in [0.15, 0.2) is 36.4 Å². The third-order valence-electron chi connectivity index (χ3n) is 2.85.